The summed E-state index contributed by atoms with van der Waals surface area (Å²) in [5.41, 5.74) is 0.575. The first-order chi connectivity index (χ1) is 8.70. The highest BCUT2D eigenvalue weighted by atomic mass is 16.5. The predicted octanol–water partition coefficient (Wildman–Crippen LogP) is 1.48. The molecule has 1 aliphatic rings. The third-order valence-electron chi connectivity index (χ3n) is 3.07. The van der Waals surface area contributed by atoms with Gasteiger partial charge in [0, 0.05) is 11.8 Å². The standard InChI is InChI=1S/C13H18N2O3/c1-18-12-6-5-9(8-11(12)16)15-13(17)10-4-2-3-7-14-10/h5-6,8,10,14,16H,2-4,7H2,1H3,(H,15,17)/t10-/m0/s1. The summed E-state index contributed by atoms with van der Waals surface area (Å²) >= 11 is 0. The van der Waals surface area contributed by atoms with Gasteiger partial charge in [-0.25, -0.2) is 0 Å². The van der Waals surface area contributed by atoms with Crippen LogP contribution in [0.5, 0.6) is 11.5 Å². The molecule has 0 spiro atoms. The summed E-state index contributed by atoms with van der Waals surface area (Å²) in [6.07, 6.45) is 3.04. The second-order valence-corrected chi connectivity index (χ2v) is 4.38. The molecule has 1 heterocycles. The summed E-state index contributed by atoms with van der Waals surface area (Å²) in [4.78, 5) is 11.9. The zero-order chi connectivity index (χ0) is 13.0. The summed E-state index contributed by atoms with van der Waals surface area (Å²) in [7, 11) is 1.49. The molecule has 2 rings (SSSR count). The smallest absolute Gasteiger partial charge is 0.241 e. The van der Waals surface area contributed by atoms with E-state index in [0.29, 0.717) is 11.4 Å². The number of benzene rings is 1. The van der Waals surface area contributed by atoms with Gasteiger partial charge >= 0.3 is 0 Å². The lowest BCUT2D eigenvalue weighted by molar-refractivity contribution is -0.118. The second-order valence-electron chi connectivity index (χ2n) is 4.38. The van der Waals surface area contributed by atoms with Crippen LogP contribution >= 0.6 is 0 Å². The van der Waals surface area contributed by atoms with E-state index in [1.54, 1.807) is 12.1 Å². The van der Waals surface area contributed by atoms with Crippen molar-refractivity contribution in [2.45, 2.75) is 25.3 Å². The minimum absolute atomic E-state index is 0.0203. The van der Waals surface area contributed by atoms with Crippen molar-refractivity contribution in [1.82, 2.24) is 5.32 Å². The molecule has 1 fully saturated rings. The molecule has 1 aromatic carbocycles. The van der Waals surface area contributed by atoms with Crippen molar-refractivity contribution in [3.05, 3.63) is 18.2 Å². The Balaban J connectivity index is 2.00. The van der Waals surface area contributed by atoms with Crippen LogP contribution in [0.2, 0.25) is 0 Å². The SMILES string of the molecule is COc1ccc(NC(=O)[C@@H]2CCCCN2)cc1O. The molecule has 0 saturated carbocycles. The van der Waals surface area contributed by atoms with Crippen molar-refractivity contribution in [2.75, 3.05) is 19.0 Å². The molecular formula is C13H18N2O3. The van der Waals surface area contributed by atoms with Crippen molar-refractivity contribution in [1.29, 1.82) is 0 Å². The molecule has 3 N–H and O–H groups in total. The Morgan fingerprint density at radius 3 is 2.94 bits per heavy atom. The van der Waals surface area contributed by atoms with Crippen LogP contribution < -0.4 is 15.4 Å². The molecule has 0 radical (unpaired) electrons. The summed E-state index contributed by atoms with van der Waals surface area (Å²) in [5.74, 6) is 0.356. The number of carbonyl (C=O) groups excluding carboxylic acids is 1. The summed E-state index contributed by atoms with van der Waals surface area (Å²) in [6, 6.07) is 4.68. The topological polar surface area (TPSA) is 70.6 Å². The summed E-state index contributed by atoms with van der Waals surface area (Å²) in [6.45, 7) is 0.881. The van der Waals surface area contributed by atoms with Crippen LogP contribution in [0.15, 0.2) is 18.2 Å². The fraction of sp³-hybridized carbons (Fsp3) is 0.462. The van der Waals surface area contributed by atoms with Gasteiger partial charge < -0.3 is 20.5 Å². The number of anilines is 1. The molecule has 0 aliphatic carbocycles. The number of amides is 1. The number of nitrogens with one attached hydrogen (secondary N) is 2. The van der Waals surface area contributed by atoms with Crippen molar-refractivity contribution in [3.63, 3.8) is 0 Å². The number of phenolic OH excluding ortho intramolecular Hbond substituents is 1. The highest BCUT2D eigenvalue weighted by molar-refractivity contribution is 5.95. The Bertz CT molecular complexity index is 428. The van der Waals surface area contributed by atoms with Crippen molar-refractivity contribution < 1.29 is 14.6 Å². The second kappa shape index (κ2) is 5.73. The highest BCUT2D eigenvalue weighted by Crippen LogP contribution is 2.28. The first kappa shape index (κ1) is 12.7. The molecule has 0 unspecified atom stereocenters. The molecule has 1 amide bonds. The average Bonchev–Trinajstić information content (AvgIpc) is 2.40. The summed E-state index contributed by atoms with van der Waals surface area (Å²) in [5, 5.41) is 15.6. The van der Waals surface area contributed by atoms with E-state index in [9.17, 15) is 9.90 Å². The van der Waals surface area contributed by atoms with E-state index in [-0.39, 0.29) is 17.7 Å². The largest absolute Gasteiger partial charge is 0.504 e. The minimum atomic E-state index is -0.136. The number of carbonyl (C=O) groups is 1. The Kier molecular flexibility index (Phi) is 4.04. The third-order valence-corrected chi connectivity index (χ3v) is 3.07. The van der Waals surface area contributed by atoms with E-state index >= 15 is 0 Å². The quantitative estimate of drug-likeness (QED) is 0.760. The molecule has 98 valence electrons. The molecule has 18 heavy (non-hydrogen) atoms. The van der Waals surface area contributed by atoms with Crippen LogP contribution in [-0.2, 0) is 4.79 Å². The Morgan fingerprint density at radius 1 is 1.50 bits per heavy atom. The number of hydrogen-bond donors (Lipinski definition) is 3. The van der Waals surface area contributed by atoms with Crippen molar-refractivity contribution >= 4 is 11.6 Å². The number of aromatic hydroxyl groups is 1. The van der Waals surface area contributed by atoms with E-state index in [4.69, 9.17) is 4.74 Å². The number of piperidine rings is 1. The van der Waals surface area contributed by atoms with E-state index in [1.807, 2.05) is 0 Å². The number of ether oxygens (including phenoxy) is 1. The molecule has 1 aromatic rings. The first-order valence-corrected chi connectivity index (χ1v) is 6.12. The third kappa shape index (κ3) is 2.92. The monoisotopic (exact) mass is 250 g/mol. The lowest BCUT2D eigenvalue weighted by Gasteiger charge is -2.22. The van der Waals surface area contributed by atoms with Gasteiger partial charge in [0.1, 0.15) is 0 Å². The van der Waals surface area contributed by atoms with Gasteiger partial charge in [0.25, 0.3) is 0 Å². The normalized spacial score (nSPS) is 19.3. The number of methoxy groups -OCH3 is 1. The van der Waals surface area contributed by atoms with E-state index in [0.717, 1.165) is 25.8 Å². The van der Waals surface area contributed by atoms with Crippen LogP contribution in [0.25, 0.3) is 0 Å². The highest BCUT2D eigenvalue weighted by Gasteiger charge is 2.20. The lowest BCUT2D eigenvalue weighted by atomic mass is 10.0. The van der Waals surface area contributed by atoms with Gasteiger partial charge in [-0.15, -0.1) is 0 Å². The first-order valence-electron chi connectivity index (χ1n) is 6.12. The molecule has 1 atom stereocenters. The molecule has 0 bridgehead atoms. The number of rotatable bonds is 3. The summed E-state index contributed by atoms with van der Waals surface area (Å²) < 4.78 is 4.95. The molecule has 1 aliphatic heterocycles. The van der Waals surface area contributed by atoms with Gasteiger partial charge in [0.15, 0.2) is 11.5 Å². The molecule has 1 saturated heterocycles. The lowest BCUT2D eigenvalue weighted by Crippen LogP contribution is -2.43. The van der Waals surface area contributed by atoms with Gasteiger partial charge in [-0.2, -0.15) is 0 Å². The molecule has 0 aromatic heterocycles. The predicted molar refractivity (Wildman–Crippen MR) is 68.9 cm³/mol. The maximum Gasteiger partial charge on any atom is 0.241 e. The van der Waals surface area contributed by atoms with Crippen LogP contribution in [0.4, 0.5) is 5.69 Å². The maximum atomic E-state index is 11.9. The van der Waals surface area contributed by atoms with Gasteiger partial charge in [-0.1, -0.05) is 6.42 Å². The minimum Gasteiger partial charge on any atom is -0.504 e. The van der Waals surface area contributed by atoms with E-state index < -0.39 is 0 Å². The van der Waals surface area contributed by atoms with Crippen LogP contribution in [0, 0.1) is 0 Å². The van der Waals surface area contributed by atoms with E-state index in [1.165, 1.54) is 13.2 Å². The Labute approximate surface area is 106 Å². The van der Waals surface area contributed by atoms with Crippen molar-refractivity contribution in [2.24, 2.45) is 0 Å². The number of hydrogen-bond acceptors (Lipinski definition) is 4. The fourth-order valence-corrected chi connectivity index (χ4v) is 2.07. The van der Waals surface area contributed by atoms with Crippen LogP contribution in [0.1, 0.15) is 19.3 Å². The van der Waals surface area contributed by atoms with E-state index in [2.05, 4.69) is 10.6 Å². The van der Waals surface area contributed by atoms with Gasteiger partial charge in [-0.05, 0) is 31.5 Å². The van der Waals surface area contributed by atoms with Crippen molar-refractivity contribution in [3.8, 4) is 11.5 Å². The number of phenols is 1. The van der Waals surface area contributed by atoms with Crippen LogP contribution in [0.3, 0.4) is 0 Å². The molecule has 5 nitrogen and oxygen atoms in total. The molecular weight excluding hydrogens is 232 g/mol. The molecule has 5 heteroatoms. The zero-order valence-electron chi connectivity index (χ0n) is 10.4. The maximum absolute atomic E-state index is 11.9. The Morgan fingerprint density at radius 2 is 2.33 bits per heavy atom. The van der Waals surface area contributed by atoms with Gasteiger partial charge in [0.05, 0.1) is 13.2 Å². The van der Waals surface area contributed by atoms with Crippen LogP contribution in [-0.4, -0.2) is 30.7 Å². The Hall–Kier alpha value is -1.75. The zero-order valence-corrected chi connectivity index (χ0v) is 10.4. The van der Waals surface area contributed by atoms with Gasteiger partial charge in [-0.3, -0.25) is 4.79 Å². The fourth-order valence-electron chi connectivity index (χ4n) is 2.07. The van der Waals surface area contributed by atoms with Gasteiger partial charge in [0.2, 0.25) is 5.91 Å². The average molecular weight is 250 g/mol.